The van der Waals surface area contributed by atoms with Crippen LogP contribution >= 0.6 is 0 Å². The first-order valence-electron chi connectivity index (χ1n) is 6.51. The molecule has 0 N–H and O–H groups in total. The van der Waals surface area contributed by atoms with Crippen LogP contribution in [0.1, 0.15) is 31.7 Å². The third-order valence-electron chi connectivity index (χ3n) is 3.47. The smallest absolute Gasteiger partial charge is 0.343 e. The van der Waals surface area contributed by atoms with Gasteiger partial charge in [0.2, 0.25) is 0 Å². The second kappa shape index (κ2) is 4.48. The van der Waals surface area contributed by atoms with E-state index in [1.807, 2.05) is 24.3 Å². The summed E-state index contributed by atoms with van der Waals surface area (Å²) in [4.78, 5) is 11.9. The van der Waals surface area contributed by atoms with Crippen molar-refractivity contribution in [3.8, 4) is 5.75 Å². The maximum Gasteiger partial charge on any atom is 0.343 e. The summed E-state index contributed by atoms with van der Waals surface area (Å²) in [6.45, 7) is 2.15. The Morgan fingerprint density at radius 3 is 3.00 bits per heavy atom. The lowest BCUT2D eigenvalue weighted by Gasteiger charge is -2.25. The first-order valence-corrected chi connectivity index (χ1v) is 6.51. The summed E-state index contributed by atoms with van der Waals surface area (Å²) in [5.74, 6) is 0.742. The van der Waals surface area contributed by atoms with E-state index < -0.39 is 0 Å². The van der Waals surface area contributed by atoms with Gasteiger partial charge < -0.3 is 9.15 Å². The summed E-state index contributed by atoms with van der Waals surface area (Å²) in [5, 5.41) is 0.910. The summed E-state index contributed by atoms with van der Waals surface area (Å²) in [6.07, 6.45) is 4.03. The van der Waals surface area contributed by atoms with E-state index in [-0.39, 0.29) is 11.7 Å². The van der Waals surface area contributed by atoms with E-state index in [4.69, 9.17) is 9.15 Å². The molecule has 0 bridgehead atoms. The molecule has 3 rings (SSSR count). The molecule has 0 saturated heterocycles. The molecule has 0 aliphatic carbocycles. The quantitative estimate of drug-likeness (QED) is 0.761. The van der Waals surface area contributed by atoms with E-state index >= 15 is 0 Å². The molecule has 1 aromatic carbocycles. The van der Waals surface area contributed by atoms with Crippen LogP contribution in [0.4, 0.5) is 0 Å². The minimum absolute atomic E-state index is 0.229. The van der Waals surface area contributed by atoms with Gasteiger partial charge in [-0.3, -0.25) is 0 Å². The predicted octanol–water partition coefficient (Wildman–Crippen LogP) is 3.29. The van der Waals surface area contributed by atoms with E-state index in [9.17, 15) is 4.79 Å². The Kier molecular flexibility index (Phi) is 2.82. The Labute approximate surface area is 105 Å². The molecule has 0 radical (unpaired) electrons. The molecule has 1 aromatic heterocycles. The van der Waals surface area contributed by atoms with Crippen LogP contribution in [-0.4, -0.2) is 6.10 Å². The predicted molar refractivity (Wildman–Crippen MR) is 70.1 cm³/mol. The molecule has 3 nitrogen and oxygen atoms in total. The van der Waals surface area contributed by atoms with Crippen molar-refractivity contribution in [2.45, 2.75) is 38.7 Å². The fourth-order valence-electron chi connectivity index (χ4n) is 2.57. The van der Waals surface area contributed by atoms with E-state index in [2.05, 4.69) is 6.92 Å². The summed E-state index contributed by atoms with van der Waals surface area (Å²) in [5.41, 5.74) is 1.05. The highest BCUT2D eigenvalue weighted by atomic mass is 16.5. The number of rotatable bonds is 2. The Bertz CT molecular complexity index is 627. The molecule has 94 valence electrons. The normalized spacial score (nSPS) is 18.4. The zero-order valence-corrected chi connectivity index (χ0v) is 10.4. The van der Waals surface area contributed by atoms with Gasteiger partial charge in [0.05, 0.1) is 17.1 Å². The lowest BCUT2D eigenvalue weighted by Crippen LogP contribution is -2.26. The number of ether oxygens (including phenoxy) is 1. The van der Waals surface area contributed by atoms with Gasteiger partial charge in [-0.25, -0.2) is 4.79 Å². The van der Waals surface area contributed by atoms with Crippen molar-refractivity contribution >= 4 is 11.0 Å². The van der Waals surface area contributed by atoms with Gasteiger partial charge in [-0.15, -0.1) is 0 Å². The van der Waals surface area contributed by atoms with Gasteiger partial charge in [0, 0.05) is 0 Å². The summed E-state index contributed by atoms with van der Waals surface area (Å²) in [6, 6.07) is 7.56. The van der Waals surface area contributed by atoms with E-state index in [1.54, 1.807) is 0 Å². The molecule has 1 unspecified atom stereocenters. The van der Waals surface area contributed by atoms with Crippen LogP contribution in [0.3, 0.4) is 0 Å². The number of hydrogen-bond donors (Lipinski definition) is 0. The Morgan fingerprint density at radius 1 is 1.33 bits per heavy atom. The maximum absolute atomic E-state index is 11.9. The molecule has 18 heavy (non-hydrogen) atoms. The van der Waals surface area contributed by atoms with Crippen LogP contribution in [0.5, 0.6) is 5.75 Å². The first kappa shape index (κ1) is 11.3. The second-order valence-electron chi connectivity index (χ2n) is 4.76. The van der Waals surface area contributed by atoms with Gasteiger partial charge in [0.25, 0.3) is 0 Å². The second-order valence-corrected chi connectivity index (χ2v) is 4.76. The molecule has 0 spiro atoms. The minimum Gasteiger partial charge on any atom is -0.489 e. The van der Waals surface area contributed by atoms with Crippen LogP contribution in [-0.2, 0) is 6.42 Å². The largest absolute Gasteiger partial charge is 0.489 e. The van der Waals surface area contributed by atoms with E-state index in [1.165, 1.54) is 0 Å². The molecule has 2 aromatic rings. The van der Waals surface area contributed by atoms with Gasteiger partial charge in [-0.05, 0) is 31.4 Å². The van der Waals surface area contributed by atoms with Crippen molar-refractivity contribution in [3.63, 3.8) is 0 Å². The number of para-hydroxylation sites is 1. The molecule has 0 amide bonds. The average molecular weight is 244 g/mol. The number of hydrogen-bond acceptors (Lipinski definition) is 3. The minimum atomic E-state index is -0.251. The maximum atomic E-state index is 11.9. The zero-order valence-electron chi connectivity index (χ0n) is 10.4. The van der Waals surface area contributed by atoms with Crippen molar-refractivity contribution in [2.24, 2.45) is 0 Å². The number of fused-ring (bicyclic) bond motifs is 3. The van der Waals surface area contributed by atoms with Crippen LogP contribution in [0.2, 0.25) is 0 Å². The molecule has 0 saturated carbocycles. The van der Waals surface area contributed by atoms with Crippen molar-refractivity contribution in [2.75, 3.05) is 0 Å². The Balaban J connectivity index is 2.16. The van der Waals surface area contributed by atoms with E-state index in [0.29, 0.717) is 11.1 Å². The SMILES string of the molecule is CCCC1CCc2c(c3ccccc3oc2=O)O1. The third-order valence-corrected chi connectivity index (χ3v) is 3.47. The van der Waals surface area contributed by atoms with Gasteiger partial charge >= 0.3 is 5.63 Å². The van der Waals surface area contributed by atoms with Crippen molar-refractivity contribution in [1.29, 1.82) is 0 Å². The highest BCUT2D eigenvalue weighted by Gasteiger charge is 2.24. The standard InChI is InChI=1S/C15H16O3/c1-2-5-10-8-9-12-14(17-10)11-6-3-4-7-13(11)18-15(12)16/h3-4,6-7,10H,2,5,8-9H2,1H3. The number of benzene rings is 1. The third kappa shape index (κ3) is 1.80. The van der Waals surface area contributed by atoms with Gasteiger partial charge in [0.15, 0.2) is 0 Å². The highest BCUT2D eigenvalue weighted by molar-refractivity contribution is 5.84. The monoisotopic (exact) mass is 244 g/mol. The van der Waals surface area contributed by atoms with Gasteiger partial charge in [-0.1, -0.05) is 25.5 Å². The summed E-state index contributed by atoms with van der Waals surface area (Å²) < 4.78 is 11.3. The highest BCUT2D eigenvalue weighted by Crippen LogP contribution is 2.33. The zero-order chi connectivity index (χ0) is 12.5. The lowest BCUT2D eigenvalue weighted by molar-refractivity contribution is 0.163. The van der Waals surface area contributed by atoms with Crippen molar-refractivity contribution in [3.05, 3.63) is 40.2 Å². The molecular formula is C15H16O3. The topological polar surface area (TPSA) is 39.4 Å². The summed E-state index contributed by atoms with van der Waals surface area (Å²) >= 11 is 0. The van der Waals surface area contributed by atoms with Crippen molar-refractivity contribution < 1.29 is 9.15 Å². The molecule has 1 aliphatic heterocycles. The van der Waals surface area contributed by atoms with Crippen LogP contribution in [0.25, 0.3) is 11.0 Å². The average Bonchev–Trinajstić information content (AvgIpc) is 2.39. The fraction of sp³-hybridized carbons (Fsp3) is 0.400. The molecule has 3 heteroatoms. The Hall–Kier alpha value is -1.77. The van der Waals surface area contributed by atoms with Crippen LogP contribution in [0.15, 0.2) is 33.5 Å². The van der Waals surface area contributed by atoms with Gasteiger partial charge in [-0.2, -0.15) is 0 Å². The Morgan fingerprint density at radius 2 is 2.17 bits per heavy atom. The molecular weight excluding hydrogens is 228 g/mol. The van der Waals surface area contributed by atoms with Crippen LogP contribution < -0.4 is 10.4 Å². The van der Waals surface area contributed by atoms with Crippen molar-refractivity contribution in [1.82, 2.24) is 0 Å². The lowest BCUT2D eigenvalue weighted by atomic mass is 9.99. The molecule has 1 aliphatic rings. The van der Waals surface area contributed by atoms with E-state index in [0.717, 1.165) is 36.8 Å². The fourth-order valence-corrected chi connectivity index (χ4v) is 2.57. The molecule has 2 heterocycles. The van der Waals surface area contributed by atoms with Gasteiger partial charge in [0.1, 0.15) is 11.3 Å². The molecule has 0 fully saturated rings. The first-order chi connectivity index (χ1) is 8.79. The molecule has 1 atom stereocenters. The summed E-state index contributed by atoms with van der Waals surface area (Å²) in [7, 11) is 0. The van der Waals surface area contributed by atoms with Crippen LogP contribution in [0, 0.1) is 0 Å².